The molecule has 96 valence electrons. The quantitative estimate of drug-likeness (QED) is 0.830. The molecule has 0 spiro atoms. The standard InChI is InChI=1S/C12H22N4O/c1-4-16-5-6-17-11(7-13)12(16)10-8-15(3)14-9(10)2/h8,11-12H,4-7,13H2,1-3H3. The third-order valence-electron chi connectivity index (χ3n) is 3.46. The molecule has 1 saturated heterocycles. The van der Waals surface area contributed by atoms with Gasteiger partial charge in [-0.05, 0) is 13.5 Å². The topological polar surface area (TPSA) is 56.3 Å². The van der Waals surface area contributed by atoms with Crippen LogP contribution in [0, 0.1) is 6.92 Å². The van der Waals surface area contributed by atoms with Crippen molar-refractivity contribution in [3.8, 4) is 0 Å². The molecule has 17 heavy (non-hydrogen) atoms. The van der Waals surface area contributed by atoms with Crippen LogP contribution < -0.4 is 5.73 Å². The molecule has 2 N–H and O–H groups in total. The summed E-state index contributed by atoms with van der Waals surface area (Å²) in [5.41, 5.74) is 8.14. The first-order valence-electron chi connectivity index (χ1n) is 6.23. The van der Waals surface area contributed by atoms with Gasteiger partial charge in [0.25, 0.3) is 0 Å². The zero-order chi connectivity index (χ0) is 12.4. The van der Waals surface area contributed by atoms with E-state index in [0.29, 0.717) is 6.54 Å². The van der Waals surface area contributed by atoms with E-state index >= 15 is 0 Å². The van der Waals surface area contributed by atoms with Crippen LogP contribution in [0.4, 0.5) is 0 Å². The Kier molecular flexibility index (Phi) is 3.81. The van der Waals surface area contributed by atoms with E-state index in [4.69, 9.17) is 10.5 Å². The lowest BCUT2D eigenvalue weighted by atomic mass is 9.99. The van der Waals surface area contributed by atoms with Crippen molar-refractivity contribution in [2.45, 2.75) is 26.0 Å². The van der Waals surface area contributed by atoms with Gasteiger partial charge in [-0.25, -0.2) is 0 Å². The Morgan fingerprint density at radius 1 is 1.59 bits per heavy atom. The first kappa shape index (κ1) is 12.5. The fraction of sp³-hybridized carbons (Fsp3) is 0.750. The molecular weight excluding hydrogens is 216 g/mol. The van der Waals surface area contributed by atoms with Gasteiger partial charge in [-0.2, -0.15) is 5.10 Å². The lowest BCUT2D eigenvalue weighted by Crippen LogP contribution is -2.48. The molecule has 2 unspecified atom stereocenters. The van der Waals surface area contributed by atoms with Gasteiger partial charge in [-0.15, -0.1) is 0 Å². The smallest absolute Gasteiger partial charge is 0.0895 e. The second-order valence-corrected chi connectivity index (χ2v) is 4.56. The van der Waals surface area contributed by atoms with E-state index < -0.39 is 0 Å². The number of nitrogens with zero attached hydrogens (tertiary/aromatic N) is 3. The third kappa shape index (κ3) is 2.36. The number of rotatable bonds is 3. The number of aryl methyl sites for hydroxylation is 2. The van der Waals surface area contributed by atoms with E-state index in [9.17, 15) is 0 Å². The Morgan fingerprint density at radius 2 is 2.35 bits per heavy atom. The molecule has 0 amide bonds. The average Bonchev–Trinajstić information content (AvgIpc) is 2.67. The van der Waals surface area contributed by atoms with Crippen molar-refractivity contribution in [1.82, 2.24) is 14.7 Å². The van der Waals surface area contributed by atoms with Crippen LogP contribution >= 0.6 is 0 Å². The summed E-state index contributed by atoms with van der Waals surface area (Å²) in [6.45, 7) is 7.52. The highest BCUT2D eigenvalue weighted by atomic mass is 16.5. The normalized spacial score (nSPS) is 26.4. The first-order chi connectivity index (χ1) is 8.17. The Labute approximate surface area is 103 Å². The Balaban J connectivity index is 2.32. The van der Waals surface area contributed by atoms with Gasteiger partial charge in [-0.1, -0.05) is 6.92 Å². The van der Waals surface area contributed by atoms with Gasteiger partial charge >= 0.3 is 0 Å². The lowest BCUT2D eigenvalue weighted by Gasteiger charge is -2.40. The van der Waals surface area contributed by atoms with E-state index in [1.165, 1.54) is 5.56 Å². The Hall–Kier alpha value is -0.910. The maximum Gasteiger partial charge on any atom is 0.0895 e. The molecule has 1 aromatic rings. The number of nitrogens with two attached hydrogens (primary N) is 1. The van der Waals surface area contributed by atoms with Gasteiger partial charge in [-0.3, -0.25) is 9.58 Å². The summed E-state index contributed by atoms with van der Waals surface area (Å²) in [6, 6.07) is 0.243. The van der Waals surface area contributed by atoms with Gasteiger partial charge in [0.15, 0.2) is 0 Å². The maximum absolute atomic E-state index is 5.83. The molecule has 2 heterocycles. The highest BCUT2D eigenvalue weighted by molar-refractivity contribution is 5.22. The monoisotopic (exact) mass is 238 g/mol. The fourth-order valence-corrected chi connectivity index (χ4v) is 2.64. The van der Waals surface area contributed by atoms with Gasteiger partial charge < -0.3 is 10.5 Å². The number of aromatic nitrogens is 2. The number of ether oxygens (including phenoxy) is 1. The molecule has 5 heteroatoms. The molecule has 0 bridgehead atoms. The highest BCUT2D eigenvalue weighted by Gasteiger charge is 2.33. The second-order valence-electron chi connectivity index (χ2n) is 4.56. The second kappa shape index (κ2) is 5.16. The van der Waals surface area contributed by atoms with E-state index in [2.05, 4.69) is 23.1 Å². The third-order valence-corrected chi connectivity index (χ3v) is 3.46. The largest absolute Gasteiger partial charge is 0.374 e. The molecule has 2 atom stereocenters. The zero-order valence-electron chi connectivity index (χ0n) is 10.9. The van der Waals surface area contributed by atoms with E-state index in [1.54, 1.807) is 0 Å². The van der Waals surface area contributed by atoms with Crippen LogP contribution in [-0.4, -0.2) is 47.0 Å². The Morgan fingerprint density at radius 3 is 2.88 bits per heavy atom. The molecule has 1 fully saturated rings. The number of hydrogen-bond donors (Lipinski definition) is 1. The summed E-state index contributed by atoms with van der Waals surface area (Å²) in [5, 5.41) is 4.42. The molecule has 1 aliphatic rings. The summed E-state index contributed by atoms with van der Waals surface area (Å²) in [4.78, 5) is 2.42. The summed E-state index contributed by atoms with van der Waals surface area (Å²) in [7, 11) is 1.95. The molecule has 5 nitrogen and oxygen atoms in total. The summed E-state index contributed by atoms with van der Waals surface area (Å²) >= 11 is 0. The minimum atomic E-state index is 0.0756. The highest BCUT2D eigenvalue weighted by Crippen LogP contribution is 2.30. The first-order valence-corrected chi connectivity index (χ1v) is 6.23. The average molecular weight is 238 g/mol. The molecular formula is C12H22N4O. The van der Waals surface area contributed by atoms with E-state index in [-0.39, 0.29) is 12.1 Å². The van der Waals surface area contributed by atoms with Gasteiger partial charge in [0.05, 0.1) is 24.4 Å². The molecule has 2 rings (SSSR count). The summed E-state index contributed by atoms with van der Waals surface area (Å²) in [6.07, 6.45) is 2.16. The number of morpholine rings is 1. The molecule has 0 radical (unpaired) electrons. The summed E-state index contributed by atoms with van der Waals surface area (Å²) < 4.78 is 7.65. The fourth-order valence-electron chi connectivity index (χ4n) is 2.64. The minimum absolute atomic E-state index is 0.0756. The van der Waals surface area contributed by atoms with Crippen molar-refractivity contribution in [3.05, 3.63) is 17.5 Å². The van der Waals surface area contributed by atoms with E-state index in [0.717, 1.165) is 25.4 Å². The van der Waals surface area contributed by atoms with Gasteiger partial charge in [0.2, 0.25) is 0 Å². The molecule has 0 aliphatic carbocycles. The predicted molar refractivity (Wildman–Crippen MR) is 66.7 cm³/mol. The van der Waals surface area contributed by atoms with Crippen LogP contribution in [0.5, 0.6) is 0 Å². The maximum atomic E-state index is 5.83. The summed E-state index contributed by atoms with van der Waals surface area (Å²) in [5.74, 6) is 0. The zero-order valence-corrected chi connectivity index (χ0v) is 10.9. The van der Waals surface area contributed by atoms with Crippen LogP contribution in [0.3, 0.4) is 0 Å². The van der Waals surface area contributed by atoms with Crippen LogP contribution in [0.1, 0.15) is 24.2 Å². The minimum Gasteiger partial charge on any atom is -0.374 e. The van der Waals surface area contributed by atoms with Crippen molar-refractivity contribution in [2.24, 2.45) is 12.8 Å². The van der Waals surface area contributed by atoms with Crippen LogP contribution in [0.15, 0.2) is 6.20 Å². The van der Waals surface area contributed by atoms with Crippen molar-refractivity contribution < 1.29 is 4.74 Å². The molecule has 0 aromatic carbocycles. The van der Waals surface area contributed by atoms with Crippen LogP contribution in [0.2, 0.25) is 0 Å². The van der Waals surface area contributed by atoms with Gasteiger partial charge in [0.1, 0.15) is 0 Å². The van der Waals surface area contributed by atoms with Crippen molar-refractivity contribution in [2.75, 3.05) is 26.2 Å². The molecule has 1 aliphatic heterocycles. The van der Waals surface area contributed by atoms with Crippen molar-refractivity contribution in [1.29, 1.82) is 0 Å². The van der Waals surface area contributed by atoms with Gasteiger partial charge in [0, 0.05) is 31.9 Å². The Bertz CT molecular complexity index is 365. The van der Waals surface area contributed by atoms with Crippen molar-refractivity contribution >= 4 is 0 Å². The van der Waals surface area contributed by atoms with Crippen molar-refractivity contribution in [3.63, 3.8) is 0 Å². The lowest BCUT2D eigenvalue weighted by molar-refractivity contribution is -0.0660. The molecule has 0 saturated carbocycles. The SMILES string of the molecule is CCN1CCOC(CN)C1c1cn(C)nc1C. The van der Waals surface area contributed by atoms with Crippen LogP contribution in [-0.2, 0) is 11.8 Å². The van der Waals surface area contributed by atoms with E-state index in [1.807, 2.05) is 18.7 Å². The van der Waals surface area contributed by atoms with Crippen LogP contribution in [0.25, 0.3) is 0 Å². The number of hydrogen-bond acceptors (Lipinski definition) is 4. The predicted octanol–water partition coefficient (Wildman–Crippen LogP) is 0.449. The number of likely N-dealkylation sites (N-methyl/N-ethyl adjacent to an activating group) is 1. The molecule has 1 aromatic heterocycles.